The van der Waals surface area contributed by atoms with Crippen LogP contribution in [0, 0.1) is 17.1 Å². The van der Waals surface area contributed by atoms with Crippen molar-refractivity contribution in [1.29, 1.82) is 5.26 Å². The SMILES string of the molecule is COc1ccccc1NC(N)=NCc1cc(C#N)ccc1F. The zero-order valence-electron chi connectivity index (χ0n) is 12.0. The summed E-state index contributed by atoms with van der Waals surface area (Å²) >= 11 is 0. The van der Waals surface area contributed by atoms with Gasteiger partial charge in [0.1, 0.15) is 11.6 Å². The van der Waals surface area contributed by atoms with Gasteiger partial charge >= 0.3 is 0 Å². The Labute approximate surface area is 127 Å². The van der Waals surface area contributed by atoms with E-state index in [4.69, 9.17) is 15.7 Å². The molecule has 0 heterocycles. The number of hydrogen-bond donors (Lipinski definition) is 2. The van der Waals surface area contributed by atoms with Gasteiger partial charge in [-0.1, -0.05) is 12.1 Å². The number of nitrogens with one attached hydrogen (secondary N) is 1. The first-order chi connectivity index (χ1) is 10.6. The van der Waals surface area contributed by atoms with Crippen LogP contribution in [0.3, 0.4) is 0 Å². The van der Waals surface area contributed by atoms with Gasteiger partial charge in [0.15, 0.2) is 5.96 Å². The van der Waals surface area contributed by atoms with Crippen molar-refractivity contribution in [2.75, 3.05) is 12.4 Å². The van der Waals surface area contributed by atoms with Crippen LogP contribution in [-0.4, -0.2) is 13.1 Å². The number of rotatable bonds is 4. The predicted molar refractivity (Wildman–Crippen MR) is 83.1 cm³/mol. The summed E-state index contributed by atoms with van der Waals surface area (Å²) in [5.41, 5.74) is 7.14. The van der Waals surface area contributed by atoms with Crippen LogP contribution in [0.15, 0.2) is 47.5 Å². The molecule has 2 aromatic rings. The summed E-state index contributed by atoms with van der Waals surface area (Å²) < 4.78 is 18.8. The Kier molecular flexibility index (Phi) is 4.94. The maximum Gasteiger partial charge on any atom is 0.193 e. The van der Waals surface area contributed by atoms with Crippen molar-refractivity contribution in [2.45, 2.75) is 6.54 Å². The Morgan fingerprint density at radius 2 is 2.14 bits per heavy atom. The van der Waals surface area contributed by atoms with Crippen LogP contribution in [0.25, 0.3) is 0 Å². The molecule has 0 fully saturated rings. The molecular formula is C16H15FN4O. The van der Waals surface area contributed by atoms with Crippen LogP contribution < -0.4 is 15.8 Å². The van der Waals surface area contributed by atoms with Crippen molar-refractivity contribution in [3.63, 3.8) is 0 Å². The van der Waals surface area contributed by atoms with Crippen molar-refractivity contribution in [1.82, 2.24) is 0 Å². The number of nitrogens with two attached hydrogens (primary N) is 1. The van der Waals surface area contributed by atoms with Crippen molar-refractivity contribution in [2.24, 2.45) is 10.7 Å². The van der Waals surface area contributed by atoms with Crippen molar-refractivity contribution in [3.05, 3.63) is 59.4 Å². The van der Waals surface area contributed by atoms with Gasteiger partial charge in [-0.15, -0.1) is 0 Å². The topological polar surface area (TPSA) is 83.4 Å². The van der Waals surface area contributed by atoms with Gasteiger partial charge in [-0.2, -0.15) is 5.26 Å². The van der Waals surface area contributed by atoms with E-state index in [1.54, 1.807) is 19.2 Å². The first kappa shape index (κ1) is 15.3. The summed E-state index contributed by atoms with van der Waals surface area (Å²) in [7, 11) is 1.55. The second-order valence-electron chi connectivity index (χ2n) is 4.44. The van der Waals surface area contributed by atoms with Gasteiger partial charge in [-0.3, -0.25) is 0 Å². The van der Waals surface area contributed by atoms with E-state index < -0.39 is 5.82 Å². The lowest BCUT2D eigenvalue weighted by molar-refractivity contribution is 0.417. The third-order valence-corrected chi connectivity index (χ3v) is 2.96. The molecule has 0 atom stereocenters. The average Bonchev–Trinajstić information content (AvgIpc) is 2.54. The number of halogens is 1. The quantitative estimate of drug-likeness (QED) is 0.671. The van der Waals surface area contributed by atoms with Crippen LogP contribution in [0.5, 0.6) is 5.75 Å². The summed E-state index contributed by atoms with van der Waals surface area (Å²) in [5.74, 6) is 0.331. The molecule has 0 aliphatic heterocycles. The zero-order valence-corrected chi connectivity index (χ0v) is 12.0. The molecule has 112 valence electrons. The Bertz CT molecular complexity index is 737. The highest BCUT2D eigenvalue weighted by Crippen LogP contribution is 2.22. The molecule has 0 spiro atoms. The average molecular weight is 298 g/mol. The standard InChI is InChI=1S/C16H15FN4O/c1-22-15-5-3-2-4-14(15)21-16(19)20-10-12-8-11(9-18)6-7-13(12)17/h2-8H,10H2,1H3,(H3,19,20,21). The molecule has 0 aromatic heterocycles. The van der Waals surface area contributed by atoms with Crippen molar-refractivity contribution in [3.8, 4) is 11.8 Å². The number of aliphatic imine (C=N–C) groups is 1. The van der Waals surface area contributed by atoms with Gasteiger partial charge in [-0.05, 0) is 30.3 Å². The highest BCUT2D eigenvalue weighted by molar-refractivity contribution is 5.93. The number of ether oxygens (including phenoxy) is 1. The first-order valence-electron chi connectivity index (χ1n) is 6.52. The second kappa shape index (κ2) is 7.09. The summed E-state index contributed by atoms with van der Waals surface area (Å²) in [6.07, 6.45) is 0. The normalized spacial score (nSPS) is 10.9. The highest BCUT2D eigenvalue weighted by atomic mass is 19.1. The fraction of sp³-hybridized carbons (Fsp3) is 0.125. The highest BCUT2D eigenvalue weighted by Gasteiger charge is 2.05. The van der Waals surface area contributed by atoms with E-state index in [9.17, 15) is 4.39 Å². The van der Waals surface area contributed by atoms with Gasteiger partial charge in [0.05, 0.1) is 31.0 Å². The Morgan fingerprint density at radius 1 is 1.36 bits per heavy atom. The first-order valence-corrected chi connectivity index (χ1v) is 6.52. The number of nitriles is 1. The van der Waals surface area contributed by atoms with Crippen LogP contribution >= 0.6 is 0 Å². The number of hydrogen-bond acceptors (Lipinski definition) is 3. The monoisotopic (exact) mass is 298 g/mol. The second-order valence-corrected chi connectivity index (χ2v) is 4.44. The van der Waals surface area contributed by atoms with Crippen LogP contribution in [0.2, 0.25) is 0 Å². The third-order valence-electron chi connectivity index (χ3n) is 2.96. The summed E-state index contributed by atoms with van der Waals surface area (Å²) in [4.78, 5) is 4.08. The van der Waals surface area contributed by atoms with Crippen molar-refractivity contribution >= 4 is 11.6 Å². The van der Waals surface area contributed by atoms with Crippen LogP contribution in [0.1, 0.15) is 11.1 Å². The van der Waals surface area contributed by atoms with E-state index in [-0.39, 0.29) is 12.5 Å². The number of benzene rings is 2. The number of para-hydroxylation sites is 2. The minimum absolute atomic E-state index is 0.0370. The largest absolute Gasteiger partial charge is 0.495 e. The lowest BCUT2D eigenvalue weighted by Crippen LogP contribution is -2.23. The molecule has 2 aromatic carbocycles. The molecule has 0 saturated carbocycles. The zero-order chi connectivity index (χ0) is 15.9. The smallest absolute Gasteiger partial charge is 0.193 e. The van der Waals surface area contributed by atoms with Gasteiger partial charge in [0, 0.05) is 5.56 Å². The molecule has 0 aliphatic rings. The molecule has 0 bridgehead atoms. The molecule has 22 heavy (non-hydrogen) atoms. The number of guanidine groups is 1. The maximum atomic E-state index is 13.6. The lowest BCUT2D eigenvalue weighted by Gasteiger charge is -2.10. The lowest BCUT2D eigenvalue weighted by atomic mass is 10.1. The summed E-state index contributed by atoms with van der Waals surface area (Å²) in [5, 5.41) is 11.7. The fourth-order valence-electron chi connectivity index (χ4n) is 1.86. The number of methoxy groups -OCH3 is 1. The minimum Gasteiger partial charge on any atom is -0.495 e. The molecule has 0 saturated heterocycles. The fourth-order valence-corrected chi connectivity index (χ4v) is 1.86. The number of anilines is 1. The molecular weight excluding hydrogens is 283 g/mol. The maximum absolute atomic E-state index is 13.6. The number of nitrogens with zero attached hydrogens (tertiary/aromatic N) is 2. The molecule has 0 unspecified atom stereocenters. The van der Waals surface area contributed by atoms with E-state index in [1.807, 2.05) is 18.2 Å². The van der Waals surface area contributed by atoms with E-state index in [0.717, 1.165) is 0 Å². The molecule has 0 radical (unpaired) electrons. The Hall–Kier alpha value is -3.07. The predicted octanol–water partition coefficient (Wildman–Crippen LogP) is 2.63. The molecule has 6 heteroatoms. The third kappa shape index (κ3) is 3.73. The van der Waals surface area contributed by atoms with E-state index in [2.05, 4.69) is 10.3 Å². The molecule has 0 aliphatic carbocycles. The summed E-state index contributed by atoms with van der Waals surface area (Å²) in [6, 6.07) is 13.3. The summed E-state index contributed by atoms with van der Waals surface area (Å²) in [6.45, 7) is 0.0370. The van der Waals surface area contributed by atoms with Gasteiger partial charge in [0.2, 0.25) is 0 Å². The van der Waals surface area contributed by atoms with Gasteiger partial charge in [0.25, 0.3) is 0 Å². The van der Waals surface area contributed by atoms with E-state index in [0.29, 0.717) is 22.6 Å². The van der Waals surface area contributed by atoms with E-state index in [1.165, 1.54) is 18.2 Å². The van der Waals surface area contributed by atoms with Crippen molar-refractivity contribution < 1.29 is 9.13 Å². The Balaban J connectivity index is 2.12. The van der Waals surface area contributed by atoms with Crippen LogP contribution in [0.4, 0.5) is 10.1 Å². The molecule has 5 nitrogen and oxygen atoms in total. The van der Waals surface area contributed by atoms with Gasteiger partial charge in [-0.25, -0.2) is 9.38 Å². The van der Waals surface area contributed by atoms with Gasteiger partial charge < -0.3 is 15.8 Å². The van der Waals surface area contributed by atoms with Crippen LogP contribution in [-0.2, 0) is 6.54 Å². The molecule has 2 rings (SSSR count). The Morgan fingerprint density at radius 3 is 2.86 bits per heavy atom. The van der Waals surface area contributed by atoms with E-state index >= 15 is 0 Å². The molecule has 3 N–H and O–H groups in total. The minimum atomic E-state index is -0.423. The molecule has 0 amide bonds.